The molecule has 0 radical (unpaired) electrons. The summed E-state index contributed by atoms with van der Waals surface area (Å²) < 4.78 is 0. The molecule has 0 aliphatic carbocycles. The van der Waals surface area contributed by atoms with Gasteiger partial charge in [-0.3, -0.25) is 4.79 Å². The van der Waals surface area contributed by atoms with Crippen molar-refractivity contribution in [3.05, 3.63) is 0 Å². The standard InChI is InChI=1S/C12H22N2O/c1-9-3-4-14(8-10(2)5-9)12(15)11-6-13-7-11/h9-11,13H,3-8H2,1-2H3. The second kappa shape index (κ2) is 4.52. The molecule has 0 spiro atoms. The SMILES string of the molecule is CC1CCN(C(=O)C2CNC2)CC(C)C1. The zero-order valence-corrected chi connectivity index (χ0v) is 9.83. The Labute approximate surface area is 92.2 Å². The summed E-state index contributed by atoms with van der Waals surface area (Å²) in [5.74, 6) is 2.09. The Bertz CT molecular complexity index is 238. The third kappa shape index (κ3) is 2.51. The van der Waals surface area contributed by atoms with Gasteiger partial charge in [-0.05, 0) is 24.7 Å². The average Bonchev–Trinajstić information content (AvgIpc) is 2.23. The van der Waals surface area contributed by atoms with Gasteiger partial charge in [0.25, 0.3) is 0 Å². The van der Waals surface area contributed by atoms with Crippen molar-refractivity contribution >= 4 is 5.91 Å². The van der Waals surface area contributed by atoms with Gasteiger partial charge in [-0.25, -0.2) is 0 Å². The summed E-state index contributed by atoms with van der Waals surface area (Å²) in [4.78, 5) is 14.2. The van der Waals surface area contributed by atoms with Crippen molar-refractivity contribution < 1.29 is 4.79 Å². The Kier molecular flexibility index (Phi) is 3.29. The maximum atomic E-state index is 12.1. The van der Waals surface area contributed by atoms with Gasteiger partial charge >= 0.3 is 0 Å². The van der Waals surface area contributed by atoms with E-state index in [1.165, 1.54) is 12.8 Å². The van der Waals surface area contributed by atoms with E-state index < -0.39 is 0 Å². The van der Waals surface area contributed by atoms with Crippen molar-refractivity contribution in [3.8, 4) is 0 Å². The summed E-state index contributed by atoms with van der Waals surface area (Å²) in [6.07, 6.45) is 2.45. The van der Waals surface area contributed by atoms with Crippen molar-refractivity contribution in [2.75, 3.05) is 26.2 Å². The van der Waals surface area contributed by atoms with Crippen LogP contribution in [0.25, 0.3) is 0 Å². The molecule has 3 heteroatoms. The van der Waals surface area contributed by atoms with Gasteiger partial charge < -0.3 is 10.2 Å². The van der Waals surface area contributed by atoms with Crippen LogP contribution in [0.1, 0.15) is 26.7 Å². The van der Waals surface area contributed by atoms with Crippen molar-refractivity contribution in [2.24, 2.45) is 17.8 Å². The second-order valence-electron chi connectivity index (χ2n) is 5.37. The summed E-state index contributed by atoms with van der Waals surface area (Å²) in [5, 5.41) is 3.17. The van der Waals surface area contributed by atoms with Crippen LogP contribution in [0, 0.1) is 17.8 Å². The first-order valence-electron chi connectivity index (χ1n) is 6.16. The first-order chi connectivity index (χ1) is 7.16. The smallest absolute Gasteiger partial charge is 0.228 e. The van der Waals surface area contributed by atoms with E-state index in [4.69, 9.17) is 0 Å². The highest BCUT2D eigenvalue weighted by Gasteiger charge is 2.31. The quantitative estimate of drug-likeness (QED) is 0.703. The largest absolute Gasteiger partial charge is 0.342 e. The lowest BCUT2D eigenvalue weighted by molar-refractivity contribution is -0.137. The van der Waals surface area contributed by atoms with Crippen LogP contribution in [0.15, 0.2) is 0 Å². The van der Waals surface area contributed by atoms with E-state index in [2.05, 4.69) is 24.1 Å². The Balaban J connectivity index is 1.92. The Morgan fingerprint density at radius 3 is 2.60 bits per heavy atom. The van der Waals surface area contributed by atoms with E-state index in [0.29, 0.717) is 11.8 Å². The highest BCUT2D eigenvalue weighted by Crippen LogP contribution is 2.22. The predicted octanol–water partition coefficient (Wildman–Crippen LogP) is 1.10. The molecule has 2 aliphatic rings. The zero-order chi connectivity index (χ0) is 10.8. The van der Waals surface area contributed by atoms with E-state index >= 15 is 0 Å². The molecule has 2 atom stereocenters. The lowest BCUT2D eigenvalue weighted by Crippen LogP contribution is -2.52. The molecule has 1 amide bonds. The van der Waals surface area contributed by atoms with Crippen LogP contribution < -0.4 is 5.32 Å². The second-order valence-corrected chi connectivity index (χ2v) is 5.37. The number of carbonyl (C=O) groups is 1. The van der Waals surface area contributed by atoms with E-state index in [-0.39, 0.29) is 5.92 Å². The molecule has 2 unspecified atom stereocenters. The fourth-order valence-electron chi connectivity index (χ4n) is 2.64. The van der Waals surface area contributed by atoms with Crippen LogP contribution in [0.2, 0.25) is 0 Å². The van der Waals surface area contributed by atoms with E-state index in [1.807, 2.05) is 0 Å². The van der Waals surface area contributed by atoms with E-state index in [9.17, 15) is 4.79 Å². The summed E-state index contributed by atoms with van der Waals surface area (Å²) in [6.45, 7) is 8.29. The first-order valence-corrected chi connectivity index (χ1v) is 6.16. The molecular formula is C12H22N2O. The number of hydrogen-bond acceptors (Lipinski definition) is 2. The van der Waals surface area contributed by atoms with Gasteiger partial charge in [0, 0.05) is 26.2 Å². The van der Waals surface area contributed by atoms with Gasteiger partial charge in [0.1, 0.15) is 0 Å². The van der Waals surface area contributed by atoms with Crippen LogP contribution in [-0.4, -0.2) is 37.0 Å². The molecule has 86 valence electrons. The van der Waals surface area contributed by atoms with Crippen LogP contribution in [0.5, 0.6) is 0 Å². The zero-order valence-electron chi connectivity index (χ0n) is 9.83. The Morgan fingerprint density at radius 1 is 1.27 bits per heavy atom. The van der Waals surface area contributed by atoms with Crippen molar-refractivity contribution in [1.29, 1.82) is 0 Å². The molecule has 0 aromatic carbocycles. The van der Waals surface area contributed by atoms with Crippen LogP contribution in [0.3, 0.4) is 0 Å². The van der Waals surface area contributed by atoms with Gasteiger partial charge in [0.2, 0.25) is 5.91 Å². The normalized spacial score (nSPS) is 33.3. The van der Waals surface area contributed by atoms with Crippen molar-refractivity contribution in [1.82, 2.24) is 10.2 Å². The minimum Gasteiger partial charge on any atom is -0.342 e. The van der Waals surface area contributed by atoms with E-state index in [0.717, 1.165) is 32.1 Å². The number of amides is 1. The number of likely N-dealkylation sites (tertiary alicyclic amines) is 1. The Hall–Kier alpha value is -0.570. The van der Waals surface area contributed by atoms with Gasteiger partial charge in [-0.2, -0.15) is 0 Å². The molecule has 2 aliphatic heterocycles. The minimum atomic E-state index is 0.269. The summed E-state index contributed by atoms with van der Waals surface area (Å²) in [6, 6.07) is 0. The molecule has 0 bridgehead atoms. The molecular weight excluding hydrogens is 188 g/mol. The minimum absolute atomic E-state index is 0.269. The summed E-state index contributed by atoms with van der Waals surface area (Å²) in [7, 11) is 0. The molecule has 2 rings (SSSR count). The molecule has 2 saturated heterocycles. The molecule has 15 heavy (non-hydrogen) atoms. The molecule has 2 fully saturated rings. The molecule has 0 aromatic heterocycles. The lowest BCUT2D eigenvalue weighted by atomic mass is 9.97. The number of carbonyl (C=O) groups excluding carboxylic acids is 1. The molecule has 0 aromatic rings. The first kappa shape index (κ1) is 10.9. The highest BCUT2D eigenvalue weighted by molar-refractivity contribution is 5.80. The highest BCUT2D eigenvalue weighted by atomic mass is 16.2. The summed E-state index contributed by atoms with van der Waals surface area (Å²) in [5.41, 5.74) is 0. The monoisotopic (exact) mass is 210 g/mol. The topological polar surface area (TPSA) is 32.3 Å². The maximum absolute atomic E-state index is 12.1. The lowest BCUT2D eigenvalue weighted by Gasteiger charge is -2.32. The molecule has 1 N–H and O–H groups in total. The number of nitrogens with one attached hydrogen (secondary N) is 1. The van der Waals surface area contributed by atoms with Crippen molar-refractivity contribution in [3.63, 3.8) is 0 Å². The molecule has 0 saturated carbocycles. The fourth-order valence-corrected chi connectivity index (χ4v) is 2.64. The van der Waals surface area contributed by atoms with Crippen LogP contribution in [0.4, 0.5) is 0 Å². The fraction of sp³-hybridized carbons (Fsp3) is 0.917. The molecule has 3 nitrogen and oxygen atoms in total. The van der Waals surface area contributed by atoms with Crippen molar-refractivity contribution in [2.45, 2.75) is 26.7 Å². The van der Waals surface area contributed by atoms with E-state index in [1.54, 1.807) is 0 Å². The third-order valence-corrected chi connectivity index (χ3v) is 3.67. The van der Waals surface area contributed by atoms with Gasteiger partial charge in [-0.1, -0.05) is 13.8 Å². The van der Waals surface area contributed by atoms with Gasteiger partial charge in [0.05, 0.1) is 5.92 Å². The molecule has 2 heterocycles. The number of hydrogen-bond donors (Lipinski definition) is 1. The van der Waals surface area contributed by atoms with Gasteiger partial charge in [-0.15, -0.1) is 0 Å². The van der Waals surface area contributed by atoms with Gasteiger partial charge in [0.15, 0.2) is 0 Å². The predicted molar refractivity (Wildman–Crippen MR) is 60.5 cm³/mol. The Morgan fingerprint density at radius 2 is 2.00 bits per heavy atom. The van der Waals surface area contributed by atoms with Crippen LogP contribution in [-0.2, 0) is 4.79 Å². The number of rotatable bonds is 1. The summed E-state index contributed by atoms with van der Waals surface area (Å²) >= 11 is 0. The maximum Gasteiger partial charge on any atom is 0.228 e. The number of nitrogens with zero attached hydrogens (tertiary/aromatic N) is 1. The third-order valence-electron chi connectivity index (χ3n) is 3.67. The van der Waals surface area contributed by atoms with Crippen LogP contribution >= 0.6 is 0 Å². The average molecular weight is 210 g/mol.